The number of hydrogen-bond acceptors (Lipinski definition) is 6. The predicted octanol–water partition coefficient (Wildman–Crippen LogP) is 1.73. The molecular formula is C15H16ClN5O3. The third kappa shape index (κ3) is 2.99. The molecule has 2 heterocycles. The largest absolute Gasteiger partial charge is 0.465 e. The highest BCUT2D eigenvalue weighted by Crippen LogP contribution is 2.30. The van der Waals surface area contributed by atoms with Crippen molar-refractivity contribution in [3.8, 4) is 6.07 Å². The number of nitriles is 1. The maximum atomic E-state index is 12.1. The molecule has 2 aliphatic rings. The Morgan fingerprint density at radius 2 is 2.17 bits per heavy atom. The van der Waals surface area contributed by atoms with Crippen LogP contribution < -0.4 is 4.90 Å². The highest BCUT2D eigenvalue weighted by atomic mass is 35.5. The zero-order valence-electron chi connectivity index (χ0n) is 12.9. The van der Waals surface area contributed by atoms with E-state index in [2.05, 4.69) is 9.97 Å². The fourth-order valence-corrected chi connectivity index (χ4v) is 3.46. The molecule has 3 rings (SSSR count). The molecule has 1 aromatic heterocycles. The minimum atomic E-state index is -1.03. The Morgan fingerprint density at radius 3 is 2.88 bits per heavy atom. The smallest absolute Gasteiger partial charge is 0.407 e. The summed E-state index contributed by atoms with van der Waals surface area (Å²) in [5.74, 6) is 0.547. The molecule has 9 heteroatoms. The van der Waals surface area contributed by atoms with Gasteiger partial charge in [0.25, 0.3) is 0 Å². The van der Waals surface area contributed by atoms with E-state index in [9.17, 15) is 14.7 Å². The number of halogens is 1. The number of aromatic nitrogens is 2. The van der Waals surface area contributed by atoms with Crippen LogP contribution >= 0.6 is 11.6 Å². The Morgan fingerprint density at radius 1 is 1.38 bits per heavy atom. The number of carboxylic acid groups (broad SMARTS) is 1. The quantitative estimate of drug-likeness (QED) is 0.809. The summed E-state index contributed by atoms with van der Waals surface area (Å²) < 4.78 is 0. The molecule has 0 aromatic carbocycles. The van der Waals surface area contributed by atoms with E-state index in [1.807, 2.05) is 11.0 Å². The van der Waals surface area contributed by atoms with Crippen LogP contribution in [0.3, 0.4) is 0 Å². The topological polar surface area (TPSA) is 110 Å². The van der Waals surface area contributed by atoms with Gasteiger partial charge < -0.3 is 14.9 Å². The SMILES string of the molecule is N#CCC1CN(c2nc(Cl)nc3c2CCCC3=O)CCN1C(=O)O. The lowest BCUT2D eigenvalue weighted by atomic mass is 9.94. The van der Waals surface area contributed by atoms with Crippen molar-refractivity contribution in [2.75, 3.05) is 24.5 Å². The summed E-state index contributed by atoms with van der Waals surface area (Å²) in [7, 11) is 0. The molecule has 0 bridgehead atoms. The number of rotatable bonds is 2. The molecule has 0 spiro atoms. The van der Waals surface area contributed by atoms with Crippen LogP contribution in [-0.4, -0.2) is 57.5 Å². The third-order valence-corrected chi connectivity index (χ3v) is 4.58. The van der Waals surface area contributed by atoms with Gasteiger partial charge in [0, 0.05) is 31.6 Å². The van der Waals surface area contributed by atoms with Crippen LogP contribution in [0, 0.1) is 11.3 Å². The Bertz CT molecular complexity index is 733. The number of Topliss-reactive ketones (excluding diaryl/α,β-unsaturated/α-hetero) is 1. The molecule has 0 saturated carbocycles. The van der Waals surface area contributed by atoms with Crippen molar-refractivity contribution in [1.82, 2.24) is 14.9 Å². The van der Waals surface area contributed by atoms with E-state index < -0.39 is 12.1 Å². The van der Waals surface area contributed by atoms with Crippen molar-refractivity contribution in [3.05, 3.63) is 16.5 Å². The van der Waals surface area contributed by atoms with Crippen molar-refractivity contribution in [2.45, 2.75) is 31.7 Å². The van der Waals surface area contributed by atoms with Crippen molar-refractivity contribution in [3.63, 3.8) is 0 Å². The van der Waals surface area contributed by atoms with Gasteiger partial charge in [-0.25, -0.2) is 14.8 Å². The van der Waals surface area contributed by atoms with Gasteiger partial charge in [0.1, 0.15) is 11.5 Å². The molecule has 1 N–H and O–H groups in total. The van der Waals surface area contributed by atoms with Crippen molar-refractivity contribution < 1.29 is 14.7 Å². The second kappa shape index (κ2) is 6.61. The molecule has 1 aliphatic carbocycles. The number of amides is 1. The van der Waals surface area contributed by atoms with Gasteiger partial charge in [0.05, 0.1) is 18.5 Å². The summed E-state index contributed by atoms with van der Waals surface area (Å²) in [6, 6.07) is 1.59. The molecule has 1 saturated heterocycles. The Labute approximate surface area is 143 Å². The number of carbonyl (C=O) groups excluding carboxylic acids is 1. The summed E-state index contributed by atoms with van der Waals surface area (Å²) >= 11 is 5.99. The van der Waals surface area contributed by atoms with E-state index in [1.54, 1.807) is 0 Å². The van der Waals surface area contributed by atoms with Crippen LogP contribution in [0.25, 0.3) is 0 Å². The zero-order valence-corrected chi connectivity index (χ0v) is 13.7. The van der Waals surface area contributed by atoms with E-state index >= 15 is 0 Å². The molecule has 1 aliphatic heterocycles. The van der Waals surface area contributed by atoms with Crippen LogP contribution in [0.4, 0.5) is 10.6 Å². The molecule has 1 atom stereocenters. The first-order valence-electron chi connectivity index (χ1n) is 7.72. The standard InChI is InChI=1S/C15H16ClN5O3/c16-14-18-12-10(2-1-3-11(12)22)13(19-14)20-6-7-21(15(23)24)9(8-20)4-5-17/h9H,1-4,6-8H2,(H,23,24). The summed E-state index contributed by atoms with van der Waals surface area (Å²) in [5, 5.41) is 18.2. The van der Waals surface area contributed by atoms with Gasteiger partial charge in [0.15, 0.2) is 5.78 Å². The fourth-order valence-electron chi connectivity index (χ4n) is 3.29. The average Bonchev–Trinajstić information content (AvgIpc) is 2.55. The number of piperazine rings is 1. The van der Waals surface area contributed by atoms with Crippen molar-refractivity contribution in [2.24, 2.45) is 0 Å². The van der Waals surface area contributed by atoms with Crippen LogP contribution in [0.5, 0.6) is 0 Å². The highest BCUT2D eigenvalue weighted by Gasteiger charge is 2.33. The van der Waals surface area contributed by atoms with Gasteiger partial charge in [0.2, 0.25) is 5.28 Å². The lowest BCUT2D eigenvalue weighted by Gasteiger charge is -2.40. The van der Waals surface area contributed by atoms with Gasteiger partial charge in [-0.05, 0) is 24.4 Å². The number of ketones is 1. The lowest BCUT2D eigenvalue weighted by Crippen LogP contribution is -2.55. The average molecular weight is 350 g/mol. The first-order valence-corrected chi connectivity index (χ1v) is 8.10. The second-order valence-electron chi connectivity index (χ2n) is 5.86. The normalized spacial score (nSPS) is 20.5. The van der Waals surface area contributed by atoms with E-state index in [-0.39, 0.29) is 24.0 Å². The van der Waals surface area contributed by atoms with E-state index in [0.29, 0.717) is 37.4 Å². The van der Waals surface area contributed by atoms with Crippen LogP contribution in [0.1, 0.15) is 35.3 Å². The zero-order chi connectivity index (χ0) is 17.3. The van der Waals surface area contributed by atoms with Crippen molar-refractivity contribution >= 4 is 29.3 Å². The summed E-state index contributed by atoms with van der Waals surface area (Å²) in [6.07, 6.45) is 0.940. The van der Waals surface area contributed by atoms with E-state index in [0.717, 1.165) is 12.0 Å². The van der Waals surface area contributed by atoms with E-state index in [1.165, 1.54) is 4.90 Å². The molecule has 1 amide bonds. The van der Waals surface area contributed by atoms with Gasteiger partial charge >= 0.3 is 6.09 Å². The fraction of sp³-hybridized carbons (Fsp3) is 0.533. The number of hydrogen-bond donors (Lipinski definition) is 1. The first-order chi connectivity index (χ1) is 11.5. The summed E-state index contributed by atoms with van der Waals surface area (Å²) in [4.78, 5) is 34.9. The molecule has 8 nitrogen and oxygen atoms in total. The van der Waals surface area contributed by atoms with Crippen LogP contribution in [0.15, 0.2) is 0 Å². The number of fused-ring (bicyclic) bond motifs is 1. The second-order valence-corrected chi connectivity index (χ2v) is 6.20. The third-order valence-electron chi connectivity index (χ3n) is 4.41. The molecule has 24 heavy (non-hydrogen) atoms. The summed E-state index contributed by atoms with van der Waals surface area (Å²) in [5.41, 5.74) is 1.14. The first kappa shape index (κ1) is 16.5. The molecule has 1 fully saturated rings. The van der Waals surface area contributed by atoms with Crippen LogP contribution in [-0.2, 0) is 6.42 Å². The minimum absolute atomic E-state index is 0.0106. The van der Waals surface area contributed by atoms with Gasteiger partial charge in [-0.2, -0.15) is 5.26 Å². The minimum Gasteiger partial charge on any atom is -0.465 e. The number of anilines is 1. The van der Waals surface area contributed by atoms with Gasteiger partial charge in [-0.3, -0.25) is 4.79 Å². The Balaban J connectivity index is 1.94. The Hall–Kier alpha value is -2.40. The maximum Gasteiger partial charge on any atom is 0.407 e. The van der Waals surface area contributed by atoms with E-state index in [4.69, 9.17) is 16.9 Å². The van der Waals surface area contributed by atoms with Crippen molar-refractivity contribution in [1.29, 1.82) is 5.26 Å². The molecule has 1 unspecified atom stereocenters. The molecule has 1 aromatic rings. The van der Waals surface area contributed by atoms with Crippen LogP contribution in [0.2, 0.25) is 5.28 Å². The predicted molar refractivity (Wildman–Crippen MR) is 85.3 cm³/mol. The molecular weight excluding hydrogens is 334 g/mol. The Kier molecular flexibility index (Phi) is 4.53. The molecule has 126 valence electrons. The number of nitrogens with zero attached hydrogens (tertiary/aromatic N) is 5. The lowest BCUT2D eigenvalue weighted by molar-refractivity contribution is 0.0967. The summed E-state index contributed by atoms with van der Waals surface area (Å²) in [6.45, 7) is 1.04. The molecule has 0 radical (unpaired) electrons. The maximum absolute atomic E-state index is 12.1. The highest BCUT2D eigenvalue weighted by molar-refractivity contribution is 6.28. The number of carbonyl (C=O) groups is 2. The van der Waals surface area contributed by atoms with Gasteiger partial charge in [-0.15, -0.1) is 0 Å². The monoisotopic (exact) mass is 349 g/mol. The van der Waals surface area contributed by atoms with Gasteiger partial charge in [-0.1, -0.05) is 0 Å².